The molecule has 0 radical (unpaired) electrons. The van der Waals surface area contributed by atoms with E-state index in [-0.39, 0.29) is 5.91 Å². The summed E-state index contributed by atoms with van der Waals surface area (Å²) in [6.45, 7) is 3.28. The van der Waals surface area contributed by atoms with Gasteiger partial charge in [-0.25, -0.2) is 4.98 Å². The summed E-state index contributed by atoms with van der Waals surface area (Å²) in [7, 11) is 3.18. The topological polar surface area (TPSA) is 65.4 Å². The van der Waals surface area contributed by atoms with Gasteiger partial charge >= 0.3 is 0 Å². The number of nitrogens with one attached hydrogen (secondary N) is 1. The van der Waals surface area contributed by atoms with Crippen LogP contribution < -0.4 is 14.8 Å². The summed E-state index contributed by atoms with van der Waals surface area (Å²) in [6, 6.07) is 11.7. The van der Waals surface area contributed by atoms with Gasteiger partial charge in [-0.1, -0.05) is 39.8 Å². The molecule has 0 bridgehead atoms. The van der Waals surface area contributed by atoms with Crippen molar-refractivity contribution in [1.29, 1.82) is 0 Å². The third-order valence-electron chi connectivity index (χ3n) is 4.30. The summed E-state index contributed by atoms with van der Waals surface area (Å²) in [6.07, 6.45) is 0. The summed E-state index contributed by atoms with van der Waals surface area (Å²) in [5.74, 6) is 1.51. The molecule has 0 aliphatic heterocycles. The predicted octanol–water partition coefficient (Wildman–Crippen LogP) is 4.24. The largest absolute Gasteiger partial charge is 0.493 e. The second kappa shape index (κ2) is 9.34. The highest BCUT2D eigenvalue weighted by atomic mass is 79.9. The molecular formula is C20H22BrN3O3S. The Morgan fingerprint density at radius 2 is 1.93 bits per heavy atom. The lowest BCUT2D eigenvalue weighted by Crippen LogP contribution is -2.25. The Labute approximate surface area is 176 Å². The molecule has 1 heterocycles. The number of amides is 1. The van der Waals surface area contributed by atoms with Crippen LogP contribution in [-0.2, 0) is 17.9 Å². The highest BCUT2D eigenvalue weighted by molar-refractivity contribution is 9.10. The Bertz CT molecular complexity index is 990. The Morgan fingerprint density at radius 1 is 1.21 bits per heavy atom. The van der Waals surface area contributed by atoms with Crippen molar-refractivity contribution in [3.05, 3.63) is 46.4 Å². The van der Waals surface area contributed by atoms with Crippen LogP contribution in [0.15, 0.2) is 46.0 Å². The molecule has 1 aromatic heterocycles. The first-order chi connectivity index (χ1) is 13.6. The van der Waals surface area contributed by atoms with Crippen molar-refractivity contribution < 1.29 is 14.3 Å². The summed E-state index contributed by atoms with van der Waals surface area (Å²) in [5.41, 5.74) is 2.94. The number of para-hydroxylation sites is 2. The highest BCUT2D eigenvalue weighted by Crippen LogP contribution is 2.33. The van der Waals surface area contributed by atoms with Gasteiger partial charge in [-0.3, -0.25) is 4.79 Å². The first-order valence-electron chi connectivity index (χ1n) is 8.82. The Morgan fingerprint density at radius 3 is 2.64 bits per heavy atom. The molecule has 0 spiro atoms. The van der Waals surface area contributed by atoms with Gasteiger partial charge < -0.3 is 19.4 Å². The van der Waals surface area contributed by atoms with Crippen LogP contribution >= 0.6 is 27.7 Å². The highest BCUT2D eigenvalue weighted by Gasteiger charge is 2.13. The minimum absolute atomic E-state index is 0.0543. The minimum Gasteiger partial charge on any atom is -0.493 e. The van der Waals surface area contributed by atoms with Crippen molar-refractivity contribution >= 4 is 44.6 Å². The second-order valence-electron chi connectivity index (χ2n) is 5.99. The van der Waals surface area contributed by atoms with E-state index in [1.807, 2.05) is 36.4 Å². The number of fused-ring (bicyclic) bond motifs is 1. The number of benzene rings is 2. The lowest BCUT2D eigenvalue weighted by Gasteiger charge is -2.12. The number of hydrogen-bond donors (Lipinski definition) is 1. The average Bonchev–Trinajstić information content (AvgIpc) is 3.08. The molecule has 1 amide bonds. The first-order valence-corrected chi connectivity index (χ1v) is 10.6. The molecule has 0 aliphatic carbocycles. The number of carbonyl (C=O) groups is 1. The zero-order chi connectivity index (χ0) is 20.1. The molecule has 3 rings (SSSR count). The fraction of sp³-hybridized carbons (Fsp3) is 0.300. The Balaban J connectivity index is 1.63. The van der Waals surface area contributed by atoms with E-state index in [1.54, 1.807) is 14.2 Å². The fourth-order valence-corrected chi connectivity index (χ4v) is 4.25. The van der Waals surface area contributed by atoms with Crippen molar-refractivity contribution in [3.63, 3.8) is 0 Å². The van der Waals surface area contributed by atoms with E-state index in [9.17, 15) is 4.79 Å². The van der Waals surface area contributed by atoms with Crippen molar-refractivity contribution in [1.82, 2.24) is 14.9 Å². The van der Waals surface area contributed by atoms with Gasteiger partial charge in [0.15, 0.2) is 16.7 Å². The molecule has 0 saturated heterocycles. The van der Waals surface area contributed by atoms with Gasteiger partial charge in [0.25, 0.3) is 0 Å². The number of ether oxygens (including phenoxy) is 2. The SMILES string of the molecule is CCn1c(SCC(=O)NCc2cc(OC)c(OC)cc2Br)nc2ccccc21. The molecule has 8 heteroatoms. The zero-order valence-electron chi connectivity index (χ0n) is 16.0. The molecule has 0 saturated carbocycles. The zero-order valence-corrected chi connectivity index (χ0v) is 18.4. The van der Waals surface area contributed by atoms with Gasteiger partial charge in [-0.2, -0.15) is 0 Å². The normalized spacial score (nSPS) is 10.9. The van der Waals surface area contributed by atoms with Crippen LogP contribution in [0.1, 0.15) is 12.5 Å². The molecule has 0 atom stereocenters. The van der Waals surface area contributed by atoms with Crippen LogP contribution in [-0.4, -0.2) is 35.4 Å². The van der Waals surface area contributed by atoms with Crippen molar-refractivity contribution in [2.24, 2.45) is 0 Å². The smallest absolute Gasteiger partial charge is 0.230 e. The molecule has 6 nitrogen and oxygen atoms in total. The number of methoxy groups -OCH3 is 2. The number of aryl methyl sites for hydroxylation is 1. The predicted molar refractivity (Wildman–Crippen MR) is 115 cm³/mol. The number of imidazole rings is 1. The van der Waals surface area contributed by atoms with Gasteiger partial charge in [-0.15, -0.1) is 0 Å². The molecule has 148 valence electrons. The van der Waals surface area contributed by atoms with E-state index in [0.717, 1.165) is 32.8 Å². The second-order valence-corrected chi connectivity index (χ2v) is 7.79. The molecule has 28 heavy (non-hydrogen) atoms. The molecule has 3 aromatic rings. The maximum absolute atomic E-state index is 12.4. The lowest BCUT2D eigenvalue weighted by molar-refractivity contribution is -0.118. The van der Waals surface area contributed by atoms with Gasteiger partial charge in [-0.05, 0) is 36.8 Å². The molecule has 1 N–H and O–H groups in total. The molecule has 0 aliphatic rings. The van der Waals surface area contributed by atoms with E-state index < -0.39 is 0 Å². The fourth-order valence-electron chi connectivity index (χ4n) is 2.88. The number of thioether (sulfide) groups is 1. The number of rotatable bonds is 8. The van der Waals surface area contributed by atoms with Crippen molar-refractivity contribution in [3.8, 4) is 11.5 Å². The number of carbonyl (C=O) groups excluding carboxylic acids is 1. The Kier molecular flexibility index (Phi) is 6.85. The maximum Gasteiger partial charge on any atom is 0.230 e. The summed E-state index contributed by atoms with van der Waals surface area (Å²) >= 11 is 4.95. The quantitative estimate of drug-likeness (QED) is 0.505. The summed E-state index contributed by atoms with van der Waals surface area (Å²) in [4.78, 5) is 17.0. The van der Waals surface area contributed by atoms with Crippen LogP contribution in [0.3, 0.4) is 0 Å². The summed E-state index contributed by atoms with van der Waals surface area (Å²) < 4.78 is 13.6. The van der Waals surface area contributed by atoms with Gasteiger partial charge in [0.1, 0.15) is 0 Å². The van der Waals surface area contributed by atoms with Gasteiger partial charge in [0.2, 0.25) is 5.91 Å². The number of aromatic nitrogens is 2. The Hall–Kier alpha value is -2.19. The first kappa shape index (κ1) is 20.5. The minimum atomic E-state index is -0.0543. The van der Waals surface area contributed by atoms with E-state index >= 15 is 0 Å². The maximum atomic E-state index is 12.4. The molecule has 0 fully saturated rings. The van der Waals surface area contributed by atoms with E-state index in [2.05, 4.69) is 37.7 Å². The van der Waals surface area contributed by atoms with Crippen molar-refractivity contribution in [2.75, 3.05) is 20.0 Å². The molecule has 0 unspecified atom stereocenters. The van der Waals surface area contributed by atoms with E-state index in [1.165, 1.54) is 11.8 Å². The van der Waals surface area contributed by atoms with E-state index in [4.69, 9.17) is 9.47 Å². The standard InChI is InChI=1S/C20H22BrN3O3S/c1-4-24-16-8-6-5-7-15(16)23-20(24)28-12-19(25)22-11-13-9-17(26-2)18(27-3)10-14(13)21/h5-10H,4,11-12H2,1-3H3,(H,22,25). The van der Waals surface area contributed by atoms with Crippen LogP contribution in [0.25, 0.3) is 11.0 Å². The molecule has 2 aromatic carbocycles. The average molecular weight is 464 g/mol. The van der Waals surface area contributed by atoms with Crippen molar-refractivity contribution in [2.45, 2.75) is 25.2 Å². The third-order valence-corrected chi connectivity index (χ3v) is 6.01. The van der Waals surface area contributed by atoms with Crippen LogP contribution in [0, 0.1) is 0 Å². The van der Waals surface area contributed by atoms with Gasteiger partial charge in [0.05, 0.1) is 31.0 Å². The van der Waals surface area contributed by atoms with Gasteiger partial charge in [0, 0.05) is 17.6 Å². The summed E-state index contributed by atoms with van der Waals surface area (Å²) in [5, 5.41) is 3.80. The van der Waals surface area contributed by atoms with Crippen LogP contribution in [0.2, 0.25) is 0 Å². The third kappa shape index (κ3) is 4.44. The lowest BCUT2D eigenvalue weighted by atomic mass is 10.2. The van der Waals surface area contributed by atoms with E-state index in [0.29, 0.717) is 23.8 Å². The van der Waals surface area contributed by atoms with Crippen LogP contribution in [0.5, 0.6) is 11.5 Å². The monoisotopic (exact) mass is 463 g/mol. The van der Waals surface area contributed by atoms with Crippen LogP contribution in [0.4, 0.5) is 0 Å². The number of hydrogen-bond acceptors (Lipinski definition) is 5. The number of halogens is 1. The molecular weight excluding hydrogens is 442 g/mol. The number of nitrogens with zero attached hydrogens (tertiary/aromatic N) is 2.